The van der Waals surface area contributed by atoms with Gasteiger partial charge in [0.15, 0.2) is 0 Å². The van der Waals surface area contributed by atoms with Crippen molar-refractivity contribution in [1.82, 2.24) is 14.8 Å². The van der Waals surface area contributed by atoms with Crippen LogP contribution in [0.25, 0.3) is 0 Å². The Bertz CT molecular complexity index is 1170. The quantitative estimate of drug-likeness (QED) is 0.601. The second-order valence-corrected chi connectivity index (χ2v) is 7.97. The third kappa shape index (κ3) is 4.80. The van der Waals surface area contributed by atoms with E-state index in [-0.39, 0.29) is 17.9 Å². The minimum Gasteiger partial charge on any atom is -0.497 e. The highest BCUT2D eigenvalue weighted by molar-refractivity contribution is 5.99. The number of carbonyl (C=O) groups is 2. The maximum absolute atomic E-state index is 13.9. The number of hydrogen-bond acceptors (Lipinski definition) is 6. The summed E-state index contributed by atoms with van der Waals surface area (Å²) < 4.78 is 10.8. The van der Waals surface area contributed by atoms with Crippen LogP contribution in [0, 0.1) is 0 Å². The predicted molar refractivity (Wildman–Crippen MR) is 130 cm³/mol. The molecule has 0 saturated carbocycles. The van der Waals surface area contributed by atoms with E-state index in [4.69, 9.17) is 9.47 Å². The van der Waals surface area contributed by atoms with E-state index in [9.17, 15) is 9.59 Å². The Morgan fingerprint density at radius 2 is 1.74 bits per heavy atom. The fourth-order valence-electron chi connectivity index (χ4n) is 4.16. The number of hydrogen-bond donors (Lipinski definition) is 1. The van der Waals surface area contributed by atoms with Crippen LogP contribution in [0.5, 0.6) is 11.5 Å². The van der Waals surface area contributed by atoms with Gasteiger partial charge in [0.2, 0.25) is 5.91 Å². The number of aromatic nitrogens is 1. The first-order valence-corrected chi connectivity index (χ1v) is 11.1. The highest BCUT2D eigenvalue weighted by Gasteiger charge is 2.35. The molecule has 2 amide bonds. The molecular formula is C26H28N4O4. The Morgan fingerprint density at radius 3 is 2.44 bits per heavy atom. The molecular weight excluding hydrogens is 432 g/mol. The molecule has 2 heterocycles. The monoisotopic (exact) mass is 460 g/mol. The third-order valence-corrected chi connectivity index (χ3v) is 5.98. The summed E-state index contributed by atoms with van der Waals surface area (Å²) in [6.07, 6.45) is 1.65. The van der Waals surface area contributed by atoms with Gasteiger partial charge in [0, 0.05) is 44.0 Å². The molecule has 8 nitrogen and oxygen atoms in total. The van der Waals surface area contributed by atoms with E-state index in [0.29, 0.717) is 36.8 Å². The van der Waals surface area contributed by atoms with E-state index in [0.717, 1.165) is 17.0 Å². The van der Waals surface area contributed by atoms with Crippen LogP contribution in [0.2, 0.25) is 0 Å². The van der Waals surface area contributed by atoms with Gasteiger partial charge in [-0.05, 0) is 42.5 Å². The lowest BCUT2D eigenvalue weighted by Crippen LogP contribution is -2.52. The molecule has 1 aromatic heterocycles. The van der Waals surface area contributed by atoms with Crippen molar-refractivity contribution in [1.29, 1.82) is 0 Å². The van der Waals surface area contributed by atoms with Crippen molar-refractivity contribution in [2.24, 2.45) is 0 Å². The van der Waals surface area contributed by atoms with Crippen molar-refractivity contribution in [2.45, 2.75) is 13.0 Å². The van der Waals surface area contributed by atoms with Crippen LogP contribution in [0.4, 0.5) is 11.5 Å². The molecule has 2 aromatic carbocycles. The second kappa shape index (κ2) is 10.2. The summed E-state index contributed by atoms with van der Waals surface area (Å²) in [4.78, 5) is 34.0. The molecule has 1 aliphatic rings. The lowest BCUT2D eigenvalue weighted by Gasteiger charge is -2.42. The lowest BCUT2D eigenvalue weighted by molar-refractivity contribution is -0.131. The lowest BCUT2D eigenvalue weighted by atomic mass is 9.99. The molecule has 176 valence electrons. The Morgan fingerprint density at radius 1 is 0.971 bits per heavy atom. The Kier molecular flexibility index (Phi) is 6.96. The summed E-state index contributed by atoms with van der Waals surface area (Å²) in [5.41, 5.74) is 2.10. The number of pyridine rings is 1. The number of ether oxygens (including phenoxy) is 2. The molecule has 0 radical (unpaired) electrons. The maximum atomic E-state index is 13.9. The van der Waals surface area contributed by atoms with E-state index in [1.807, 2.05) is 48.5 Å². The molecule has 0 spiro atoms. The molecule has 1 atom stereocenters. The smallest absolute Gasteiger partial charge is 0.258 e. The molecule has 1 N–H and O–H groups in total. The molecule has 4 rings (SSSR count). The number of methoxy groups -OCH3 is 2. The van der Waals surface area contributed by atoms with Gasteiger partial charge in [0.05, 0.1) is 25.8 Å². The van der Waals surface area contributed by atoms with Crippen LogP contribution in [0.3, 0.4) is 0 Å². The number of piperazine rings is 1. The van der Waals surface area contributed by atoms with Gasteiger partial charge in [0.1, 0.15) is 17.3 Å². The normalized spacial score (nSPS) is 15.6. The largest absolute Gasteiger partial charge is 0.497 e. The summed E-state index contributed by atoms with van der Waals surface area (Å²) in [6, 6.07) is 18.2. The first-order valence-electron chi connectivity index (χ1n) is 11.1. The summed E-state index contributed by atoms with van der Waals surface area (Å²) >= 11 is 0. The molecule has 1 aliphatic heterocycles. The van der Waals surface area contributed by atoms with Crippen LogP contribution in [0.15, 0.2) is 66.9 Å². The second-order valence-electron chi connectivity index (χ2n) is 7.97. The number of nitrogens with zero attached hydrogens (tertiary/aromatic N) is 3. The number of nitrogens with one attached hydrogen (secondary N) is 1. The summed E-state index contributed by atoms with van der Waals surface area (Å²) in [5.74, 6) is 1.70. The zero-order valence-electron chi connectivity index (χ0n) is 19.5. The van der Waals surface area contributed by atoms with Crippen LogP contribution in [0.1, 0.15) is 28.9 Å². The van der Waals surface area contributed by atoms with Crippen LogP contribution >= 0.6 is 0 Å². The molecule has 0 unspecified atom stereocenters. The third-order valence-electron chi connectivity index (χ3n) is 5.98. The zero-order valence-corrected chi connectivity index (χ0v) is 19.5. The van der Waals surface area contributed by atoms with Gasteiger partial charge in [0.25, 0.3) is 5.91 Å². The van der Waals surface area contributed by atoms with E-state index >= 15 is 0 Å². The molecule has 34 heavy (non-hydrogen) atoms. The Hall–Kier alpha value is -4.07. The minimum atomic E-state index is -0.352. The number of carbonyl (C=O) groups excluding carboxylic acids is 2. The van der Waals surface area contributed by atoms with Gasteiger partial charge in [-0.25, -0.2) is 4.98 Å². The van der Waals surface area contributed by atoms with Gasteiger partial charge < -0.3 is 24.6 Å². The van der Waals surface area contributed by atoms with E-state index in [2.05, 4.69) is 10.3 Å². The van der Waals surface area contributed by atoms with E-state index in [1.165, 1.54) is 0 Å². The summed E-state index contributed by atoms with van der Waals surface area (Å²) in [6.45, 7) is 2.81. The van der Waals surface area contributed by atoms with Crippen LogP contribution < -0.4 is 14.8 Å². The number of anilines is 2. The SMILES string of the molecule is COc1ccc(Nc2ncccc2C(=O)N2CCN(C(C)=O)C[C@@H]2c2ccccc2OC)cc1. The number of para-hydroxylation sites is 1. The van der Waals surface area contributed by atoms with Crippen molar-refractivity contribution in [3.05, 3.63) is 78.0 Å². The number of amides is 2. The molecule has 1 fully saturated rings. The summed E-state index contributed by atoms with van der Waals surface area (Å²) in [5, 5.41) is 3.24. The first-order chi connectivity index (χ1) is 16.5. The highest BCUT2D eigenvalue weighted by Crippen LogP contribution is 2.34. The van der Waals surface area contributed by atoms with Gasteiger partial charge in [-0.1, -0.05) is 18.2 Å². The molecule has 3 aromatic rings. The number of benzene rings is 2. The zero-order chi connectivity index (χ0) is 24.1. The molecule has 1 saturated heterocycles. The van der Waals surface area contributed by atoms with Crippen molar-refractivity contribution in [3.63, 3.8) is 0 Å². The van der Waals surface area contributed by atoms with Gasteiger partial charge in [-0.3, -0.25) is 9.59 Å². The Labute approximate surface area is 199 Å². The average molecular weight is 461 g/mol. The fraction of sp³-hybridized carbons (Fsp3) is 0.269. The topological polar surface area (TPSA) is 84.0 Å². The van der Waals surface area contributed by atoms with Crippen molar-refractivity contribution < 1.29 is 19.1 Å². The standard InChI is InChI=1S/C26H28N4O4/c1-18(31)29-15-16-30(23(17-29)21-7-4-5-9-24(21)34-3)26(32)22-8-6-14-27-25(22)28-19-10-12-20(33-2)13-11-19/h4-14,23H,15-17H2,1-3H3,(H,27,28)/t23-/m1/s1. The fourth-order valence-corrected chi connectivity index (χ4v) is 4.16. The minimum absolute atomic E-state index is 0.0183. The summed E-state index contributed by atoms with van der Waals surface area (Å²) in [7, 11) is 3.22. The maximum Gasteiger partial charge on any atom is 0.258 e. The number of rotatable bonds is 6. The van der Waals surface area contributed by atoms with Crippen molar-refractivity contribution >= 4 is 23.3 Å². The highest BCUT2D eigenvalue weighted by atomic mass is 16.5. The first kappa shape index (κ1) is 23.1. The van der Waals surface area contributed by atoms with Crippen molar-refractivity contribution in [3.8, 4) is 11.5 Å². The predicted octanol–water partition coefficient (Wildman–Crippen LogP) is 3.89. The van der Waals surface area contributed by atoms with Crippen LogP contribution in [-0.2, 0) is 4.79 Å². The van der Waals surface area contributed by atoms with Crippen LogP contribution in [-0.4, -0.2) is 60.5 Å². The van der Waals surface area contributed by atoms with Gasteiger partial charge >= 0.3 is 0 Å². The average Bonchev–Trinajstić information content (AvgIpc) is 2.88. The molecule has 0 aliphatic carbocycles. The molecule has 0 bridgehead atoms. The molecule has 8 heteroatoms. The van der Waals surface area contributed by atoms with Gasteiger partial charge in [-0.15, -0.1) is 0 Å². The van der Waals surface area contributed by atoms with Crippen molar-refractivity contribution in [2.75, 3.05) is 39.2 Å². The Balaban J connectivity index is 1.67. The van der Waals surface area contributed by atoms with E-state index < -0.39 is 0 Å². The van der Waals surface area contributed by atoms with Gasteiger partial charge in [-0.2, -0.15) is 0 Å². The van der Waals surface area contributed by atoms with E-state index in [1.54, 1.807) is 49.3 Å².